The minimum atomic E-state index is -3.63. The number of nitrogens with zero attached hydrogens (tertiary/aromatic N) is 1. The van der Waals surface area contributed by atoms with Gasteiger partial charge >= 0.3 is 0 Å². The van der Waals surface area contributed by atoms with Crippen molar-refractivity contribution in [1.29, 1.82) is 0 Å². The zero-order chi connectivity index (χ0) is 22.9. The Balaban J connectivity index is 1.32. The molecular weight excluding hydrogens is 429 g/mol. The molecule has 1 aliphatic carbocycles. The Morgan fingerprint density at radius 1 is 1.06 bits per heavy atom. The summed E-state index contributed by atoms with van der Waals surface area (Å²) in [5.74, 6) is -0.506. The maximum atomic E-state index is 13.1. The molecule has 1 fully saturated rings. The lowest BCUT2D eigenvalue weighted by atomic mass is 9.85. The third kappa shape index (κ3) is 4.86. The van der Waals surface area contributed by atoms with Crippen LogP contribution in [0.3, 0.4) is 0 Å². The molecule has 1 heterocycles. The Kier molecular flexibility index (Phi) is 6.35. The van der Waals surface area contributed by atoms with E-state index in [0.717, 1.165) is 16.5 Å². The fourth-order valence-corrected chi connectivity index (χ4v) is 5.69. The number of hydrogen-bond acceptors (Lipinski definition) is 3. The first kappa shape index (κ1) is 22.5. The van der Waals surface area contributed by atoms with E-state index in [1.54, 1.807) is 24.3 Å². The summed E-state index contributed by atoms with van der Waals surface area (Å²) in [7, 11) is -1.71. The van der Waals surface area contributed by atoms with E-state index in [0.29, 0.717) is 25.7 Å². The van der Waals surface area contributed by atoms with E-state index in [4.69, 9.17) is 0 Å². The van der Waals surface area contributed by atoms with Gasteiger partial charge in [0.05, 0.1) is 10.9 Å². The minimum Gasteiger partial charge on any atom is -0.351 e. The van der Waals surface area contributed by atoms with Crippen molar-refractivity contribution in [3.63, 3.8) is 0 Å². The second-order valence-electron chi connectivity index (χ2n) is 8.60. The van der Waals surface area contributed by atoms with Crippen LogP contribution >= 0.6 is 0 Å². The molecule has 0 aliphatic heterocycles. The van der Waals surface area contributed by atoms with E-state index in [-0.39, 0.29) is 34.6 Å². The molecule has 0 unspecified atom stereocenters. The van der Waals surface area contributed by atoms with Crippen LogP contribution < -0.4 is 10.0 Å². The van der Waals surface area contributed by atoms with Crippen LogP contribution in [0.2, 0.25) is 0 Å². The lowest BCUT2D eigenvalue weighted by Gasteiger charge is -2.29. The summed E-state index contributed by atoms with van der Waals surface area (Å²) in [6, 6.07) is 12.7. The van der Waals surface area contributed by atoms with Gasteiger partial charge in [0.2, 0.25) is 15.9 Å². The van der Waals surface area contributed by atoms with Gasteiger partial charge in [-0.1, -0.05) is 12.1 Å². The molecule has 2 N–H and O–H groups in total. The van der Waals surface area contributed by atoms with E-state index >= 15 is 0 Å². The molecule has 32 heavy (non-hydrogen) atoms. The van der Waals surface area contributed by atoms with Crippen molar-refractivity contribution in [3.8, 4) is 0 Å². The Bertz CT molecular complexity index is 1210. The van der Waals surface area contributed by atoms with Crippen molar-refractivity contribution >= 4 is 26.8 Å². The van der Waals surface area contributed by atoms with Crippen molar-refractivity contribution in [2.75, 3.05) is 0 Å². The average molecular weight is 458 g/mol. The number of halogens is 1. The number of amides is 1. The predicted octanol–water partition coefficient (Wildman–Crippen LogP) is 4.03. The number of rotatable bonds is 6. The normalized spacial score (nSPS) is 20.2. The highest BCUT2D eigenvalue weighted by Crippen LogP contribution is 2.27. The molecule has 1 aliphatic rings. The van der Waals surface area contributed by atoms with Crippen molar-refractivity contribution in [3.05, 3.63) is 66.1 Å². The first-order valence-corrected chi connectivity index (χ1v) is 12.3. The van der Waals surface area contributed by atoms with Crippen LogP contribution in [0.25, 0.3) is 10.9 Å². The molecule has 6 nitrogen and oxygen atoms in total. The molecule has 0 spiro atoms. The Hall–Kier alpha value is -2.71. The van der Waals surface area contributed by atoms with Gasteiger partial charge in [0.25, 0.3) is 0 Å². The largest absolute Gasteiger partial charge is 0.351 e. The summed E-state index contributed by atoms with van der Waals surface area (Å²) in [6.45, 7) is 1.87. The Labute approximate surface area is 187 Å². The van der Waals surface area contributed by atoms with Gasteiger partial charge in [-0.2, -0.15) is 0 Å². The molecule has 0 radical (unpaired) electrons. The van der Waals surface area contributed by atoms with Crippen molar-refractivity contribution < 1.29 is 17.6 Å². The van der Waals surface area contributed by atoms with Crippen LogP contribution in [0.15, 0.2) is 59.6 Å². The van der Waals surface area contributed by atoms with Crippen LogP contribution in [0.4, 0.5) is 4.39 Å². The van der Waals surface area contributed by atoms with Crippen LogP contribution in [-0.4, -0.2) is 24.9 Å². The van der Waals surface area contributed by atoms with E-state index in [2.05, 4.69) is 10.0 Å². The van der Waals surface area contributed by atoms with Gasteiger partial charge in [-0.3, -0.25) is 4.79 Å². The summed E-state index contributed by atoms with van der Waals surface area (Å²) in [5, 5.41) is 3.87. The summed E-state index contributed by atoms with van der Waals surface area (Å²) in [5.41, 5.74) is 1.82. The maximum absolute atomic E-state index is 13.1. The molecular formula is C24H28FN3O3S. The maximum Gasteiger partial charge on any atom is 0.240 e. The molecule has 0 bridgehead atoms. The summed E-state index contributed by atoms with van der Waals surface area (Å²) in [6.07, 6.45) is 4.35. The third-order valence-corrected chi connectivity index (χ3v) is 7.83. The van der Waals surface area contributed by atoms with Gasteiger partial charge in [-0.15, -0.1) is 0 Å². The number of aryl methyl sites for hydroxylation is 1. The standard InChI is InChI=1S/C24H28FN3O3S/c1-16(17-3-7-20(25)8-4-17)26-24(29)18-5-9-21(10-6-18)27-32(30,31)22-11-12-23-19(15-22)13-14-28(23)2/h3-4,7-8,11-16,18,21,27H,5-6,9-10H2,1-2H3,(H,26,29)/t16-,18-,21-/m1/s1. The number of benzene rings is 2. The van der Waals surface area contributed by atoms with Gasteiger partial charge in [0.1, 0.15) is 5.82 Å². The predicted molar refractivity (Wildman–Crippen MR) is 122 cm³/mol. The van der Waals surface area contributed by atoms with Crippen LogP contribution in [0.5, 0.6) is 0 Å². The third-order valence-electron chi connectivity index (χ3n) is 6.32. The SMILES string of the molecule is C[C@@H](NC(=O)[C@H]1CC[C@H](NS(=O)(=O)c2ccc3c(ccn3C)c2)CC1)c1ccc(F)cc1. The molecule has 170 valence electrons. The first-order valence-electron chi connectivity index (χ1n) is 10.9. The molecule has 8 heteroatoms. The van der Waals surface area contributed by atoms with Gasteiger partial charge in [0.15, 0.2) is 0 Å². The molecule has 1 atom stereocenters. The molecule has 1 aromatic heterocycles. The Morgan fingerprint density at radius 2 is 1.75 bits per heavy atom. The minimum absolute atomic E-state index is 0.0438. The molecule has 1 saturated carbocycles. The van der Waals surface area contributed by atoms with E-state index in [9.17, 15) is 17.6 Å². The highest BCUT2D eigenvalue weighted by molar-refractivity contribution is 7.89. The van der Waals surface area contributed by atoms with Gasteiger partial charge < -0.3 is 9.88 Å². The number of aromatic nitrogens is 1. The summed E-state index contributed by atoms with van der Waals surface area (Å²) < 4.78 is 43.6. The van der Waals surface area contributed by atoms with E-state index < -0.39 is 10.0 Å². The van der Waals surface area contributed by atoms with Crippen LogP contribution in [-0.2, 0) is 21.9 Å². The zero-order valence-electron chi connectivity index (χ0n) is 18.2. The molecule has 0 saturated heterocycles. The number of nitrogens with one attached hydrogen (secondary N) is 2. The number of carbonyl (C=O) groups is 1. The quantitative estimate of drug-likeness (QED) is 0.587. The van der Waals surface area contributed by atoms with Gasteiger partial charge in [0, 0.05) is 36.1 Å². The summed E-state index contributed by atoms with van der Waals surface area (Å²) >= 11 is 0. The highest BCUT2D eigenvalue weighted by Gasteiger charge is 2.30. The highest BCUT2D eigenvalue weighted by atomic mass is 32.2. The summed E-state index contributed by atoms with van der Waals surface area (Å²) in [4.78, 5) is 12.9. The van der Waals surface area contributed by atoms with E-state index in [1.165, 1.54) is 12.1 Å². The van der Waals surface area contributed by atoms with Gasteiger partial charge in [-0.05, 0) is 74.6 Å². The first-order chi connectivity index (χ1) is 15.2. The fraction of sp³-hybridized carbons (Fsp3) is 0.375. The lowest BCUT2D eigenvalue weighted by Crippen LogP contribution is -2.41. The molecule has 4 rings (SSSR count). The zero-order valence-corrected chi connectivity index (χ0v) is 19.0. The van der Waals surface area contributed by atoms with E-state index in [1.807, 2.05) is 36.9 Å². The lowest BCUT2D eigenvalue weighted by molar-refractivity contribution is -0.126. The van der Waals surface area contributed by atoms with Crippen molar-refractivity contribution in [2.45, 2.75) is 49.6 Å². The molecule has 1 amide bonds. The Morgan fingerprint density at radius 3 is 2.44 bits per heavy atom. The number of hydrogen-bond donors (Lipinski definition) is 2. The number of carbonyl (C=O) groups excluding carboxylic acids is 1. The van der Waals surface area contributed by atoms with Crippen LogP contribution in [0.1, 0.15) is 44.2 Å². The fourth-order valence-electron chi connectivity index (χ4n) is 4.35. The average Bonchev–Trinajstić information content (AvgIpc) is 3.14. The topological polar surface area (TPSA) is 80.2 Å². The smallest absolute Gasteiger partial charge is 0.240 e. The molecule has 3 aromatic rings. The second-order valence-corrected chi connectivity index (χ2v) is 10.3. The monoisotopic (exact) mass is 457 g/mol. The number of fused-ring (bicyclic) bond motifs is 1. The second kappa shape index (κ2) is 9.03. The van der Waals surface area contributed by atoms with Crippen LogP contribution in [0, 0.1) is 11.7 Å². The van der Waals surface area contributed by atoms with Crippen molar-refractivity contribution in [1.82, 2.24) is 14.6 Å². The number of sulfonamides is 1. The van der Waals surface area contributed by atoms with Crippen molar-refractivity contribution in [2.24, 2.45) is 13.0 Å². The van der Waals surface area contributed by atoms with Gasteiger partial charge in [-0.25, -0.2) is 17.5 Å². The molecule has 2 aromatic carbocycles.